The third-order valence-electron chi connectivity index (χ3n) is 6.55. The minimum atomic E-state index is -0.350. The Kier molecular flexibility index (Phi) is 6.09. The van der Waals surface area contributed by atoms with E-state index in [4.69, 9.17) is 0 Å². The van der Waals surface area contributed by atoms with Crippen LogP contribution in [0.3, 0.4) is 0 Å². The molecule has 5 heterocycles. The summed E-state index contributed by atoms with van der Waals surface area (Å²) >= 11 is 0. The highest BCUT2D eigenvalue weighted by Crippen LogP contribution is 2.40. The van der Waals surface area contributed by atoms with Gasteiger partial charge in [0.2, 0.25) is 11.8 Å². The average Bonchev–Trinajstić information content (AvgIpc) is 3.54. The number of pyridine rings is 3. The van der Waals surface area contributed by atoms with E-state index in [1.165, 1.54) is 12.1 Å². The summed E-state index contributed by atoms with van der Waals surface area (Å²) in [6, 6.07) is 17.0. The molecule has 2 N–H and O–H groups in total. The minimum absolute atomic E-state index is 0.0862. The first kappa shape index (κ1) is 23.5. The molecular weight excluding hydrogens is 483 g/mol. The average molecular weight is 507 g/mol. The lowest BCUT2D eigenvalue weighted by atomic mass is 10.0. The number of H-pyrrole nitrogens is 1. The topological polar surface area (TPSA) is 104 Å². The second kappa shape index (κ2) is 9.85. The predicted octanol–water partition coefficient (Wildman–Crippen LogP) is 5.13. The standard InChI is InChI=1S/C29H23FN6O2/c30-20-8-6-18(7-9-20)16-24(37)34-23-17-19(10-13-32-23)27-26(21-4-1-2-12-31-21)29-28(35-27)22(11-14-33-29)36-15-3-5-25(36)38/h1-2,4,6-14,17,35H,3,5,15-16H2,(H,32,34,37). The third kappa shape index (κ3) is 4.50. The number of fused-ring (bicyclic) bond motifs is 1. The Morgan fingerprint density at radius 3 is 2.61 bits per heavy atom. The molecule has 0 atom stereocenters. The molecule has 1 fully saturated rings. The summed E-state index contributed by atoms with van der Waals surface area (Å²) in [4.78, 5) is 44.1. The van der Waals surface area contributed by atoms with Gasteiger partial charge in [0.15, 0.2) is 0 Å². The summed E-state index contributed by atoms with van der Waals surface area (Å²) in [5.41, 5.74) is 5.97. The number of carbonyl (C=O) groups is 2. The quantitative estimate of drug-likeness (QED) is 0.332. The van der Waals surface area contributed by atoms with Gasteiger partial charge < -0.3 is 15.2 Å². The van der Waals surface area contributed by atoms with E-state index in [2.05, 4.69) is 25.3 Å². The van der Waals surface area contributed by atoms with Crippen LogP contribution in [0.5, 0.6) is 0 Å². The van der Waals surface area contributed by atoms with Crippen molar-refractivity contribution < 1.29 is 14.0 Å². The maximum atomic E-state index is 13.2. The molecule has 38 heavy (non-hydrogen) atoms. The fourth-order valence-electron chi connectivity index (χ4n) is 4.80. The monoisotopic (exact) mass is 506 g/mol. The van der Waals surface area contributed by atoms with Crippen molar-refractivity contribution in [2.75, 3.05) is 16.8 Å². The van der Waals surface area contributed by atoms with Crippen LogP contribution in [0.15, 0.2) is 79.3 Å². The number of hydrogen-bond donors (Lipinski definition) is 2. The van der Waals surface area contributed by atoms with Crippen LogP contribution >= 0.6 is 0 Å². The lowest BCUT2D eigenvalue weighted by Crippen LogP contribution is -2.23. The Bertz CT molecular complexity index is 1650. The van der Waals surface area contributed by atoms with Crippen molar-refractivity contribution in [3.63, 3.8) is 0 Å². The van der Waals surface area contributed by atoms with Crippen molar-refractivity contribution in [2.45, 2.75) is 19.3 Å². The van der Waals surface area contributed by atoms with Crippen molar-refractivity contribution in [3.05, 3.63) is 90.6 Å². The molecule has 8 nitrogen and oxygen atoms in total. The summed E-state index contributed by atoms with van der Waals surface area (Å²) in [6.07, 6.45) is 6.48. The van der Waals surface area contributed by atoms with E-state index in [0.29, 0.717) is 29.9 Å². The third-order valence-corrected chi connectivity index (χ3v) is 6.55. The molecule has 9 heteroatoms. The number of carbonyl (C=O) groups excluding carboxylic acids is 2. The number of nitrogens with zero attached hydrogens (tertiary/aromatic N) is 4. The largest absolute Gasteiger partial charge is 0.351 e. The van der Waals surface area contributed by atoms with Gasteiger partial charge in [0, 0.05) is 37.1 Å². The zero-order valence-corrected chi connectivity index (χ0v) is 20.3. The van der Waals surface area contributed by atoms with Gasteiger partial charge >= 0.3 is 0 Å². The summed E-state index contributed by atoms with van der Waals surface area (Å²) in [5, 5.41) is 2.83. The van der Waals surface area contributed by atoms with E-state index in [1.54, 1.807) is 41.7 Å². The number of benzene rings is 1. The highest BCUT2D eigenvalue weighted by Gasteiger charge is 2.26. The zero-order valence-electron chi connectivity index (χ0n) is 20.3. The first-order valence-electron chi connectivity index (χ1n) is 12.3. The summed E-state index contributed by atoms with van der Waals surface area (Å²) in [7, 11) is 0. The molecule has 0 radical (unpaired) electrons. The van der Waals surface area contributed by atoms with Gasteiger partial charge in [-0.3, -0.25) is 19.6 Å². The summed E-state index contributed by atoms with van der Waals surface area (Å²) in [5.74, 6) is -0.150. The molecule has 0 saturated carbocycles. The first-order valence-corrected chi connectivity index (χ1v) is 12.3. The lowest BCUT2D eigenvalue weighted by Gasteiger charge is -2.16. The molecule has 5 aromatic rings. The summed E-state index contributed by atoms with van der Waals surface area (Å²) < 4.78 is 13.2. The van der Waals surface area contributed by atoms with E-state index in [1.807, 2.05) is 30.3 Å². The van der Waals surface area contributed by atoms with E-state index < -0.39 is 0 Å². The Morgan fingerprint density at radius 1 is 1.00 bits per heavy atom. The molecule has 0 spiro atoms. The van der Waals surface area contributed by atoms with Gasteiger partial charge in [-0.2, -0.15) is 0 Å². The van der Waals surface area contributed by atoms with Crippen molar-refractivity contribution >= 4 is 34.4 Å². The van der Waals surface area contributed by atoms with E-state index in [9.17, 15) is 14.0 Å². The van der Waals surface area contributed by atoms with Crippen molar-refractivity contribution in [1.82, 2.24) is 19.9 Å². The van der Waals surface area contributed by atoms with Gasteiger partial charge in [-0.15, -0.1) is 0 Å². The maximum absolute atomic E-state index is 13.2. The van der Waals surface area contributed by atoms with Gasteiger partial charge in [0.25, 0.3) is 0 Å². The van der Waals surface area contributed by atoms with Crippen LogP contribution in [0.25, 0.3) is 33.5 Å². The molecule has 0 unspecified atom stereocenters. The van der Waals surface area contributed by atoms with Gasteiger partial charge in [0.1, 0.15) is 17.2 Å². The van der Waals surface area contributed by atoms with Gasteiger partial charge in [0.05, 0.1) is 34.6 Å². The number of amides is 2. The number of hydrogen-bond acceptors (Lipinski definition) is 5. The van der Waals surface area contributed by atoms with Crippen LogP contribution < -0.4 is 10.2 Å². The number of nitrogens with one attached hydrogen (secondary N) is 2. The smallest absolute Gasteiger partial charge is 0.229 e. The predicted molar refractivity (Wildman–Crippen MR) is 143 cm³/mol. The van der Waals surface area contributed by atoms with Crippen LogP contribution in [-0.2, 0) is 16.0 Å². The maximum Gasteiger partial charge on any atom is 0.229 e. The van der Waals surface area contributed by atoms with E-state index >= 15 is 0 Å². The molecule has 1 saturated heterocycles. The summed E-state index contributed by atoms with van der Waals surface area (Å²) in [6.45, 7) is 0.657. The van der Waals surface area contributed by atoms with E-state index in [-0.39, 0.29) is 24.1 Å². The molecule has 1 aromatic carbocycles. The van der Waals surface area contributed by atoms with Crippen LogP contribution in [0.2, 0.25) is 0 Å². The van der Waals surface area contributed by atoms with Gasteiger partial charge in [-0.1, -0.05) is 18.2 Å². The molecule has 6 rings (SSSR count). The normalized spacial score (nSPS) is 13.3. The molecule has 1 aliphatic rings. The molecule has 1 aliphatic heterocycles. The van der Waals surface area contributed by atoms with Crippen molar-refractivity contribution in [1.29, 1.82) is 0 Å². The van der Waals surface area contributed by atoms with Gasteiger partial charge in [-0.25, -0.2) is 9.37 Å². The number of rotatable bonds is 6. The van der Waals surface area contributed by atoms with Crippen molar-refractivity contribution in [2.24, 2.45) is 0 Å². The van der Waals surface area contributed by atoms with Crippen LogP contribution in [0, 0.1) is 5.82 Å². The fraction of sp³-hybridized carbons (Fsp3) is 0.138. The highest BCUT2D eigenvalue weighted by atomic mass is 19.1. The molecule has 0 bridgehead atoms. The Hall–Kier alpha value is -4.92. The number of anilines is 2. The number of halogens is 1. The molecule has 4 aromatic heterocycles. The van der Waals surface area contributed by atoms with Crippen LogP contribution in [0.1, 0.15) is 18.4 Å². The Balaban J connectivity index is 1.40. The Morgan fingerprint density at radius 2 is 1.84 bits per heavy atom. The molecule has 188 valence electrons. The number of aromatic amines is 1. The van der Waals surface area contributed by atoms with Crippen molar-refractivity contribution in [3.8, 4) is 22.5 Å². The van der Waals surface area contributed by atoms with Crippen LogP contribution in [-0.4, -0.2) is 38.3 Å². The zero-order chi connectivity index (χ0) is 26.1. The lowest BCUT2D eigenvalue weighted by molar-refractivity contribution is -0.117. The highest BCUT2D eigenvalue weighted by molar-refractivity contribution is 6.09. The van der Waals surface area contributed by atoms with Crippen LogP contribution in [0.4, 0.5) is 15.9 Å². The fourth-order valence-corrected chi connectivity index (χ4v) is 4.80. The first-order chi connectivity index (χ1) is 18.6. The second-order valence-corrected chi connectivity index (χ2v) is 9.07. The second-order valence-electron chi connectivity index (χ2n) is 9.07. The SMILES string of the molecule is O=C(Cc1ccc(F)cc1)Nc1cc(-c2[nH]c3c(N4CCCC4=O)ccnc3c2-c2ccccn2)ccn1. The molecule has 0 aliphatic carbocycles. The number of aromatic nitrogens is 4. The minimum Gasteiger partial charge on any atom is -0.351 e. The van der Waals surface area contributed by atoms with E-state index in [0.717, 1.165) is 40.1 Å². The molecular formula is C29H23FN6O2. The van der Waals surface area contributed by atoms with Gasteiger partial charge in [-0.05, 0) is 54.4 Å². The Labute approximate surface area is 217 Å². The molecule has 2 amide bonds.